The summed E-state index contributed by atoms with van der Waals surface area (Å²) in [6.07, 6.45) is -18.3. The number of fused-ring (bicyclic) bond motifs is 1. The van der Waals surface area contributed by atoms with Gasteiger partial charge in [0.05, 0.1) is 44.2 Å². The highest BCUT2D eigenvalue weighted by Crippen LogP contribution is 2.42. The first kappa shape index (κ1) is 35.7. The van der Waals surface area contributed by atoms with E-state index in [9.17, 15) is 50.1 Å². The van der Waals surface area contributed by atoms with Gasteiger partial charge in [-0.1, -0.05) is 0 Å². The van der Waals surface area contributed by atoms with Crippen molar-refractivity contribution in [2.45, 2.75) is 118 Å². The summed E-state index contributed by atoms with van der Waals surface area (Å²) in [5.74, 6) is -4.61. The van der Waals surface area contributed by atoms with Gasteiger partial charge in [0.2, 0.25) is 11.8 Å². The fourth-order valence-electron chi connectivity index (χ4n) is 6.08. The Kier molecular flexibility index (Phi) is 11.7. The highest BCUT2D eigenvalue weighted by Gasteiger charge is 2.64. The van der Waals surface area contributed by atoms with E-state index in [1.165, 1.54) is 21.0 Å². The predicted molar refractivity (Wildman–Crippen MR) is 141 cm³/mol. The summed E-state index contributed by atoms with van der Waals surface area (Å²) >= 11 is 0. The van der Waals surface area contributed by atoms with E-state index < -0.39 is 136 Å². The third-order valence-electron chi connectivity index (χ3n) is 8.14. The summed E-state index contributed by atoms with van der Waals surface area (Å²) in [5, 5.41) is 77.9. The molecule has 0 aliphatic carbocycles. The van der Waals surface area contributed by atoms with E-state index in [0.29, 0.717) is 0 Å². The van der Waals surface area contributed by atoms with Crippen LogP contribution >= 0.6 is 0 Å². The van der Waals surface area contributed by atoms with Crippen LogP contribution in [0.3, 0.4) is 0 Å². The summed E-state index contributed by atoms with van der Waals surface area (Å²) < 4.78 is 39.8. The first-order valence-corrected chi connectivity index (χ1v) is 14.4. The molecule has 9 unspecified atom stereocenters. The maximum atomic E-state index is 13.3. The van der Waals surface area contributed by atoms with Crippen LogP contribution in [0.15, 0.2) is 0 Å². The molecule has 15 atom stereocenters. The van der Waals surface area contributed by atoms with Gasteiger partial charge in [0.15, 0.2) is 18.7 Å². The molecule has 4 aliphatic heterocycles. The van der Waals surface area contributed by atoms with Crippen molar-refractivity contribution in [1.29, 1.82) is 0 Å². The molecule has 45 heavy (non-hydrogen) atoms. The molecule has 4 heterocycles. The number of ether oxygens (including phenoxy) is 7. The molecule has 0 aromatic heterocycles. The van der Waals surface area contributed by atoms with Gasteiger partial charge in [-0.25, -0.2) is 4.79 Å². The van der Waals surface area contributed by atoms with E-state index in [4.69, 9.17) is 33.2 Å². The minimum atomic E-state index is -2.37. The van der Waals surface area contributed by atoms with Gasteiger partial charge in [0, 0.05) is 33.8 Å². The largest absolute Gasteiger partial charge is 0.453 e. The van der Waals surface area contributed by atoms with Gasteiger partial charge in [-0.3, -0.25) is 9.59 Å². The van der Waals surface area contributed by atoms with Crippen LogP contribution in [-0.2, 0) is 47.5 Å². The fourth-order valence-corrected chi connectivity index (χ4v) is 6.08. The fraction of sp³-hybridized carbons (Fsp3) is 0.885. The summed E-state index contributed by atoms with van der Waals surface area (Å²) in [7, 11) is 1.26. The Morgan fingerprint density at radius 1 is 0.911 bits per heavy atom. The molecule has 0 bridgehead atoms. The van der Waals surface area contributed by atoms with E-state index in [1.807, 2.05) is 0 Å². The summed E-state index contributed by atoms with van der Waals surface area (Å²) in [5.41, 5.74) is 0. The van der Waals surface area contributed by atoms with Crippen LogP contribution in [0, 0.1) is 0 Å². The number of carbonyl (C=O) groups is 3. The van der Waals surface area contributed by atoms with Gasteiger partial charge in [-0.05, 0) is 0 Å². The molecule has 0 saturated carbocycles. The Morgan fingerprint density at radius 3 is 2.11 bits per heavy atom. The smallest absolute Gasteiger partial charge is 0.367 e. The second-order valence-electron chi connectivity index (χ2n) is 11.4. The van der Waals surface area contributed by atoms with Crippen LogP contribution in [0.25, 0.3) is 0 Å². The molecule has 0 radical (unpaired) electrons. The van der Waals surface area contributed by atoms with Crippen molar-refractivity contribution in [2.75, 3.05) is 26.9 Å². The highest BCUT2D eigenvalue weighted by molar-refractivity contribution is 5.79. The van der Waals surface area contributed by atoms with Crippen LogP contribution in [-0.4, -0.2) is 172 Å². The summed E-state index contributed by atoms with van der Waals surface area (Å²) in [4.78, 5) is 36.9. The lowest BCUT2D eigenvalue weighted by molar-refractivity contribution is -0.400. The zero-order valence-electron chi connectivity index (χ0n) is 24.8. The normalized spacial score (nSPS) is 44.0. The number of nitrogens with one attached hydrogen (secondary N) is 2. The zero-order chi connectivity index (χ0) is 33.2. The molecule has 4 aliphatic rings. The Bertz CT molecular complexity index is 1050. The van der Waals surface area contributed by atoms with Crippen LogP contribution in [0.4, 0.5) is 0 Å². The average Bonchev–Trinajstić information content (AvgIpc) is 2.99. The maximum Gasteiger partial charge on any atom is 0.367 e. The third kappa shape index (κ3) is 7.40. The maximum absolute atomic E-state index is 13.3. The number of hydrogen-bond donors (Lipinski definition) is 9. The number of amides is 2. The minimum Gasteiger partial charge on any atom is -0.453 e. The Labute approximate surface area is 257 Å². The third-order valence-corrected chi connectivity index (χ3v) is 8.14. The molecule has 19 nitrogen and oxygen atoms in total. The van der Waals surface area contributed by atoms with Gasteiger partial charge >= 0.3 is 5.97 Å². The molecule has 4 saturated heterocycles. The molecule has 9 N–H and O–H groups in total. The Balaban J connectivity index is 1.59. The lowest BCUT2D eigenvalue weighted by Crippen LogP contribution is -2.73. The first-order valence-electron chi connectivity index (χ1n) is 14.4. The second-order valence-corrected chi connectivity index (χ2v) is 11.4. The van der Waals surface area contributed by atoms with E-state index in [1.54, 1.807) is 0 Å². The molecule has 2 amide bonds. The van der Waals surface area contributed by atoms with Crippen LogP contribution < -0.4 is 10.6 Å². The van der Waals surface area contributed by atoms with Gasteiger partial charge in [-0.15, -0.1) is 0 Å². The summed E-state index contributed by atoms with van der Waals surface area (Å²) in [6.45, 7) is 0.237. The lowest BCUT2D eigenvalue weighted by atomic mass is 9.88. The molecule has 19 heteroatoms. The SMILES string of the molecule is CO[C@@H]1OC(CO)[C@@H](O[C@@H]2OC(CO)[C@@H]3OC(=O)[C@]4(CC(O)[C@@H](NC(C)=O)C(CC(O)CO)O4)OC3C2O)C(O)C1NC(C)=O. The van der Waals surface area contributed by atoms with Crippen molar-refractivity contribution in [2.24, 2.45) is 0 Å². The minimum absolute atomic E-state index is 0.346. The van der Waals surface area contributed by atoms with Crippen molar-refractivity contribution < 1.29 is 83.3 Å². The standard InChI is InChI=1S/C26H42N2O17/c1-9(32)27-16-12(35)5-26(44-13(16)4-11(34)6-29)25(38)43-21-15(8-31)41-24(19(37)22(21)45-26)42-20-14(7-30)40-23(39-3)17(18(20)36)28-10(2)33/h11-24,29-31,34-37H,4-8H2,1-3H3,(H,27,32)(H,28,33)/t11?,12?,13?,14?,15?,16-,17?,18?,19?,20-,21+,22?,23-,24+,26+/m1/s1. The average molecular weight is 655 g/mol. The van der Waals surface area contributed by atoms with Crippen molar-refractivity contribution in [3.05, 3.63) is 0 Å². The van der Waals surface area contributed by atoms with Crippen molar-refractivity contribution in [3.63, 3.8) is 0 Å². The molecular weight excluding hydrogens is 612 g/mol. The number of methoxy groups -OCH3 is 1. The van der Waals surface area contributed by atoms with Gasteiger partial charge in [-0.2, -0.15) is 0 Å². The van der Waals surface area contributed by atoms with Crippen LogP contribution in [0.5, 0.6) is 0 Å². The number of carbonyl (C=O) groups excluding carboxylic acids is 3. The topological polar surface area (TPSA) is 281 Å². The molecular formula is C26H42N2O17. The molecule has 4 fully saturated rings. The van der Waals surface area contributed by atoms with Crippen molar-refractivity contribution in [1.82, 2.24) is 10.6 Å². The highest BCUT2D eigenvalue weighted by atomic mass is 16.8. The predicted octanol–water partition coefficient (Wildman–Crippen LogP) is -5.92. The number of hydrogen-bond acceptors (Lipinski definition) is 17. The van der Waals surface area contributed by atoms with E-state index in [2.05, 4.69) is 10.6 Å². The van der Waals surface area contributed by atoms with Crippen molar-refractivity contribution >= 4 is 17.8 Å². The van der Waals surface area contributed by atoms with Crippen LogP contribution in [0.2, 0.25) is 0 Å². The van der Waals surface area contributed by atoms with Gasteiger partial charge in [0.1, 0.15) is 42.7 Å². The lowest BCUT2D eigenvalue weighted by Gasteiger charge is -2.54. The van der Waals surface area contributed by atoms with E-state index in [0.717, 1.165) is 0 Å². The molecule has 0 aromatic rings. The zero-order valence-corrected chi connectivity index (χ0v) is 24.8. The number of rotatable bonds is 10. The Hall–Kier alpha value is -2.11. The summed E-state index contributed by atoms with van der Waals surface area (Å²) in [6, 6.07) is -2.29. The first-order chi connectivity index (χ1) is 21.3. The van der Waals surface area contributed by atoms with E-state index in [-0.39, 0.29) is 6.42 Å². The molecule has 4 rings (SSSR count). The monoisotopic (exact) mass is 654 g/mol. The second kappa shape index (κ2) is 14.8. The van der Waals surface area contributed by atoms with Crippen molar-refractivity contribution in [3.8, 4) is 0 Å². The quantitative estimate of drug-likeness (QED) is 0.0991. The van der Waals surface area contributed by atoms with Gasteiger partial charge in [0.25, 0.3) is 5.79 Å². The molecule has 1 spiro atoms. The Morgan fingerprint density at radius 2 is 1.53 bits per heavy atom. The van der Waals surface area contributed by atoms with Crippen LogP contribution in [0.1, 0.15) is 26.7 Å². The van der Waals surface area contributed by atoms with E-state index >= 15 is 0 Å². The number of esters is 1. The molecule has 258 valence electrons. The number of aliphatic hydroxyl groups excluding tert-OH is 7. The molecule has 0 aromatic carbocycles. The van der Waals surface area contributed by atoms with Gasteiger partial charge < -0.3 is 79.5 Å². The number of aliphatic hydroxyl groups is 7.